The highest BCUT2D eigenvalue weighted by molar-refractivity contribution is 5.59. The number of anilines is 2. The van der Waals surface area contributed by atoms with E-state index in [0.717, 1.165) is 23.6 Å². The Morgan fingerprint density at radius 1 is 1.00 bits per heavy atom. The molecular weight excluding hydrogens is 260 g/mol. The number of hydrogen-bond acceptors (Lipinski definition) is 4. The average Bonchev–Trinajstić information content (AvgIpc) is 2.47. The number of aromatic nitrogens is 2. The standard InChI is InChI=1S/C17H24N4/c1-12(2)15-16(18-4)19-11-20-17(15)21-13(3)10-14-8-6-5-7-9-14/h5-9,11-13H,10H2,1-4H3,(H2,18,19,20,21). The van der Waals surface area contributed by atoms with Crippen LogP contribution in [0.5, 0.6) is 0 Å². The quantitative estimate of drug-likeness (QED) is 0.849. The Balaban J connectivity index is 2.15. The van der Waals surface area contributed by atoms with E-state index in [2.05, 4.69) is 65.6 Å². The lowest BCUT2D eigenvalue weighted by atomic mass is 10.0. The van der Waals surface area contributed by atoms with E-state index in [9.17, 15) is 0 Å². The maximum Gasteiger partial charge on any atom is 0.135 e. The minimum Gasteiger partial charge on any atom is -0.373 e. The van der Waals surface area contributed by atoms with E-state index in [-0.39, 0.29) is 0 Å². The Hall–Kier alpha value is -2.10. The molecule has 2 aromatic rings. The molecule has 4 heteroatoms. The molecule has 0 radical (unpaired) electrons. The van der Waals surface area contributed by atoms with Crippen LogP contribution < -0.4 is 10.6 Å². The first-order chi connectivity index (χ1) is 10.1. The van der Waals surface area contributed by atoms with Gasteiger partial charge in [0.05, 0.1) is 0 Å². The minimum absolute atomic E-state index is 0.310. The lowest BCUT2D eigenvalue weighted by molar-refractivity contribution is 0.770. The van der Waals surface area contributed by atoms with Crippen molar-refractivity contribution in [3.8, 4) is 0 Å². The maximum absolute atomic E-state index is 4.43. The van der Waals surface area contributed by atoms with Crippen LogP contribution >= 0.6 is 0 Å². The topological polar surface area (TPSA) is 49.8 Å². The number of nitrogens with zero attached hydrogens (tertiary/aromatic N) is 2. The second kappa shape index (κ2) is 7.07. The number of hydrogen-bond donors (Lipinski definition) is 2. The molecule has 0 aliphatic rings. The van der Waals surface area contributed by atoms with Crippen molar-refractivity contribution in [3.05, 3.63) is 47.8 Å². The number of benzene rings is 1. The Morgan fingerprint density at radius 2 is 1.67 bits per heavy atom. The van der Waals surface area contributed by atoms with Gasteiger partial charge in [0, 0.05) is 18.7 Å². The maximum atomic E-state index is 4.43. The van der Waals surface area contributed by atoms with E-state index >= 15 is 0 Å². The number of rotatable bonds is 6. The van der Waals surface area contributed by atoms with Gasteiger partial charge in [-0.3, -0.25) is 0 Å². The summed E-state index contributed by atoms with van der Waals surface area (Å²) < 4.78 is 0. The smallest absolute Gasteiger partial charge is 0.135 e. The van der Waals surface area contributed by atoms with E-state index in [4.69, 9.17) is 0 Å². The van der Waals surface area contributed by atoms with Gasteiger partial charge >= 0.3 is 0 Å². The molecule has 1 heterocycles. The van der Waals surface area contributed by atoms with Crippen LogP contribution in [0.25, 0.3) is 0 Å². The third-order valence-corrected chi connectivity index (χ3v) is 3.47. The fourth-order valence-electron chi connectivity index (χ4n) is 2.51. The van der Waals surface area contributed by atoms with E-state index in [1.165, 1.54) is 5.56 Å². The average molecular weight is 284 g/mol. The zero-order chi connectivity index (χ0) is 15.2. The van der Waals surface area contributed by atoms with Crippen LogP contribution in [0.1, 0.15) is 37.8 Å². The summed E-state index contributed by atoms with van der Waals surface area (Å²) in [5, 5.41) is 6.67. The van der Waals surface area contributed by atoms with Gasteiger partial charge in [0.1, 0.15) is 18.0 Å². The van der Waals surface area contributed by atoms with Gasteiger partial charge in [0.25, 0.3) is 0 Å². The van der Waals surface area contributed by atoms with Gasteiger partial charge in [-0.15, -0.1) is 0 Å². The lowest BCUT2D eigenvalue weighted by Crippen LogP contribution is -2.21. The van der Waals surface area contributed by atoms with Crippen LogP contribution in [-0.4, -0.2) is 23.1 Å². The molecular formula is C17H24N4. The summed E-state index contributed by atoms with van der Waals surface area (Å²) in [7, 11) is 1.89. The van der Waals surface area contributed by atoms with Crippen LogP contribution in [0.15, 0.2) is 36.7 Å². The molecule has 1 atom stereocenters. The van der Waals surface area contributed by atoms with Gasteiger partial charge in [0.15, 0.2) is 0 Å². The third kappa shape index (κ3) is 3.94. The second-order valence-electron chi connectivity index (χ2n) is 5.62. The molecule has 1 aromatic carbocycles. The Bertz CT molecular complexity index is 566. The normalized spacial score (nSPS) is 12.2. The van der Waals surface area contributed by atoms with Crippen LogP contribution in [0.3, 0.4) is 0 Å². The van der Waals surface area contributed by atoms with Crippen molar-refractivity contribution in [1.82, 2.24) is 9.97 Å². The molecule has 0 amide bonds. The van der Waals surface area contributed by atoms with E-state index < -0.39 is 0 Å². The molecule has 0 bridgehead atoms. The van der Waals surface area contributed by atoms with Gasteiger partial charge in [-0.25, -0.2) is 9.97 Å². The minimum atomic E-state index is 0.310. The first kappa shape index (κ1) is 15.3. The largest absolute Gasteiger partial charge is 0.373 e. The van der Waals surface area contributed by atoms with E-state index in [1.54, 1.807) is 6.33 Å². The molecule has 21 heavy (non-hydrogen) atoms. The fraction of sp³-hybridized carbons (Fsp3) is 0.412. The van der Waals surface area contributed by atoms with Crippen molar-refractivity contribution in [1.29, 1.82) is 0 Å². The van der Waals surface area contributed by atoms with E-state index in [0.29, 0.717) is 12.0 Å². The van der Waals surface area contributed by atoms with Gasteiger partial charge < -0.3 is 10.6 Å². The van der Waals surface area contributed by atoms with Crippen molar-refractivity contribution in [2.24, 2.45) is 0 Å². The van der Waals surface area contributed by atoms with Crippen molar-refractivity contribution in [2.45, 2.75) is 39.2 Å². The molecule has 0 aliphatic heterocycles. The SMILES string of the molecule is CNc1ncnc(NC(C)Cc2ccccc2)c1C(C)C. The highest BCUT2D eigenvalue weighted by Crippen LogP contribution is 2.28. The monoisotopic (exact) mass is 284 g/mol. The fourth-order valence-corrected chi connectivity index (χ4v) is 2.51. The lowest BCUT2D eigenvalue weighted by Gasteiger charge is -2.20. The molecule has 0 saturated carbocycles. The first-order valence-electron chi connectivity index (χ1n) is 7.45. The summed E-state index contributed by atoms with van der Waals surface area (Å²) in [6.07, 6.45) is 2.58. The molecule has 0 spiro atoms. The zero-order valence-electron chi connectivity index (χ0n) is 13.2. The molecule has 0 fully saturated rings. The summed E-state index contributed by atoms with van der Waals surface area (Å²) in [6.45, 7) is 6.50. The predicted molar refractivity (Wildman–Crippen MR) is 88.9 cm³/mol. The summed E-state index contributed by atoms with van der Waals surface area (Å²) in [6, 6.07) is 10.8. The second-order valence-corrected chi connectivity index (χ2v) is 5.62. The van der Waals surface area contributed by atoms with Crippen LogP contribution in [0, 0.1) is 0 Å². The van der Waals surface area contributed by atoms with Gasteiger partial charge in [-0.05, 0) is 24.8 Å². The molecule has 2 rings (SSSR count). The van der Waals surface area contributed by atoms with Gasteiger partial charge in [0.2, 0.25) is 0 Å². The molecule has 0 saturated heterocycles. The van der Waals surface area contributed by atoms with Crippen LogP contribution in [-0.2, 0) is 6.42 Å². The van der Waals surface area contributed by atoms with Crippen molar-refractivity contribution < 1.29 is 0 Å². The molecule has 1 aromatic heterocycles. The third-order valence-electron chi connectivity index (χ3n) is 3.47. The molecule has 2 N–H and O–H groups in total. The zero-order valence-corrected chi connectivity index (χ0v) is 13.2. The Labute approximate surface area is 127 Å². The Morgan fingerprint density at radius 3 is 2.29 bits per heavy atom. The van der Waals surface area contributed by atoms with Crippen molar-refractivity contribution in [2.75, 3.05) is 17.7 Å². The molecule has 1 unspecified atom stereocenters. The first-order valence-corrected chi connectivity index (χ1v) is 7.45. The van der Waals surface area contributed by atoms with Gasteiger partial charge in [-0.1, -0.05) is 44.2 Å². The molecule has 4 nitrogen and oxygen atoms in total. The molecule has 0 aliphatic carbocycles. The highest BCUT2D eigenvalue weighted by atomic mass is 15.1. The van der Waals surface area contributed by atoms with Crippen molar-refractivity contribution in [3.63, 3.8) is 0 Å². The van der Waals surface area contributed by atoms with Gasteiger partial charge in [-0.2, -0.15) is 0 Å². The molecule has 112 valence electrons. The Kier molecular flexibility index (Phi) is 5.14. The van der Waals surface area contributed by atoms with Crippen molar-refractivity contribution >= 4 is 11.6 Å². The predicted octanol–water partition coefficient (Wildman–Crippen LogP) is 3.68. The number of nitrogens with one attached hydrogen (secondary N) is 2. The summed E-state index contributed by atoms with van der Waals surface area (Å²) in [4.78, 5) is 8.74. The van der Waals surface area contributed by atoms with Crippen LogP contribution in [0.2, 0.25) is 0 Å². The summed E-state index contributed by atoms with van der Waals surface area (Å²) >= 11 is 0. The summed E-state index contributed by atoms with van der Waals surface area (Å²) in [5.41, 5.74) is 2.46. The summed E-state index contributed by atoms with van der Waals surface area (Å²) in [5.74, 6) is 2.18. The van der Waals surface area contributed by atoms with Crippen LogP contribution in [0.4, 0.5) is 11.6 Å². The van der Waals surface area contributed by atoms with E-state index in [1.807, 2.05) is 13.1 Å². The highest BCUT2D eigenvalue weighted by Gasteiger charge is 2.15.